The van der Waals surface area contributed by atoms with Gasteiger partial charge in [-0.3, -0.25) is 9.59 Å². The van der Waals surface area contributed by atoms with Crippen molar-refractivity contribution in [2.75, 3.05) is 5.32 Å². The summed E-state index contributed by atoms with van der Waals surface area (Å²) < 4.78 is 15.5. The first-order valence-electron chi connectivity index (χ1n) is 7.00. The number of nitrogens with zero attached hydrogens (tertiary/aromatic N) is 2. The largest absolute Gasteiger partial charge is 0.352 e. The van der Waals surface area contributed by atoms with E-state index >= 15 is 0 Å². The number of nitrogens with one attached hydrogen (secondary N) is 2. The highest BCUT2D eigenvalue weighted by Gasteiger charge is 2.16. The number of aromatic amines is 1. The lowest BCUT2D eigenvalue weighted by atomic mass is 10.1. The average Bonchev–Trinajstić information content (AvgIpc) is 2.51. The molecule has 0 spiro atoms. The Balaban J connectivity index is 2.33. The number of hydrogen-bond donors (Lipinski definition) is 2. The monoisotopic (exact) mass is 314 g/mol. The van der Waals surface area contributed by atoms with Crippen LogP contribution in [0.5, 0.6) is 0 Å². The standard InChI is InChI=1S/C16H15FN4O2/c1-8-4-5-11(10(17)6-8)19-14-9(2)16(23)21(3)12-7-18-20-15(22)13(12)14/h4-7,19H,1-3H3,(H,20,22). The van der Waals surface area contributed by atoms with Crippen LogP contribution in [-0.4, -0.2) is 14.8 Å². The molecule has 0 atom stereocenters. The highest BCUT2D eigenvalue weighted by Crippen LogP contribution is 2.26. The Labute approximate surface area is 130 Å². The van der Waals surface area contributed by atoms with Crippen LogP contribution in [0.1, 0.15) is 11.1 Å². The molecule has 2 N–H and O–H groups in total. The number of aryl methyl sites for hydroxylation is 2. The third-order valence-electron chi connectivity index (χ3n) is 3.83. The summed E-state index contributed by atoms with van der Waals surface area (Å²) in [4.78, 5) is 24.5. The van der Waals surface area contributed by atoms with Gasteiger partial charge in [-0.05, 0) is 31.5 Å². The molecule has 23 heavy (non-hydrogen) atoms. The second-order valence-corrected chi connectivity index (χ2v) is 5.43. The van der Waals surface area contributed by atoms with Gasteiger partial charge in [0, 0.05) is 12.6 Å². The Hall–Kier alpha value is -2.96. The molecule has 1 aromatic carbocycles. The van der Waals surface area contributed by atoms with Crippen LogP contribution in [0.15, 0.2) is 34.0 Å². The van der Waals surface area contributed by atoms with Gasteiger partial charge in [0.15, 0.2) is 0 Å². The number of halogens is 1. The normalized spacial score (nSPS) is 11.0. The quantitative estimate of drug-likeness (QED) is 0.759. The Kier molecular flexibility index (Phi) is 3.48. The second-order valence-electron chi connectivity index (χ2n) is 5.43. The van der Waals surface area contributed by atoms with Crippen LogP contribution in [0.25, 0.3) is 10.9 Å². The lowest BCUT2D eigenvalue weighted by Gasteiger charge is -2.15. The van der Waals surface area contributed by atoms with E-state index in [2.05, 4.69) is 15.5 Å². The average molecular weight is 314 g/mol. The molecule has 0 unspecified atom stereocenters. The molecule has 0 saturated heterocycles. The Morgan fingerprint density at radius 2 is 2.00 bits per heavy atom. The van der Waals surface area contributed by atoms with E-state index in [1.807, 2.05) is 0 Å². The molecule has 0 aliphatic carbocycles. The van der Waals surface area contributed by atoms with Crippen molar-refractivity contribution in [3.8, 4) is 0 Å². The summed E-state index contributed by atoms with van der Waals surface area (Å²) in [5.41, 5.74) is 1.24. The van der Waals surface area contributed by atoms with Gasteiger partial charge in [0.05, 0.1) is 28.5 Å². The van der Waals surface area contributed by atoms with Gasteiger partial charge in [0.25, 0.3) is 11.1 Å². The molecule has 2 heterocycles. The molecule has 3 rings (SSSR count). The third-order valence-corrected chi connectivity index (χ3v) is 3.83. The molecule has 0 saturated carbocycles. The van der Waals surface area contributed by atoms with Gasteiger partial charge < -0.3 is 9.88 Å². The number of pyridine rings is 1. The van der Waals surface area contributed by atoms with Gasteiger partial charge in [-0.25, -0.2) is 9.49 Å². The van der Waals surface area contributed by atoms with Crippen molar-refractivity contribution in [3.63, 3.8) is 0 Å². The maximum Gasteiger partial charge on any atom is 0.275 e. The smallest absolute Gasteiger partial charge is 0.275 e. The zero-order valence-electron chi connectivity index (χ0n) is 12.9. The van der Waals surface area contributed by atoms with Crippen molar-refractivity contribution in [3.05, 3.63) is 62.0 Å². The molecule has 0 radical (unpaired) electrons. The highest BCUT2D eigenvalue weighted by atomic mass is 19.1. The molecule has 0 bridgehead atoms. The van der Waals surface area contributed by atoms with Crippen molar-refractivity contribution < 1.29 is 4.39 Å². The zero-order chi connectivity index (χ0) is 16.7. The predicted octanol–water partition coefficient (Wildman–Crippen LogP) is 2.12. The minimum Gasteiger partial charge on any atom is -0.352 e. The van der Waals surface area contributed by atoms with E-state index in [1.165, 1.54) is 16.8 Å². The third kappa shape index (κ3) is 2.40. The fourth-order valence-electron chi connectivity index (χ4n) is 2.55. The van der Waals surface area contributed by atoms with Crippen molar-refractivity contribution >= 4 is 22.3 Å². The molecule has 0 aliphatic heterocycles. The summed E-state index contributed by atoms with van der Waals surface area (Å²) in [5, 5.41) is 9.21. The molecule has 0 amide bonds. The number of rotatable bonds is 2. The van der Waals surface area contributed by atoms with E-state index in [9.17, 15) is 14.0 Å². The van der Waals surface area contributed by atoms with Crippen LogP contribution in [-0.2, 0) is 7.05 Å². The summed E-state index contributed by atoms with van der Waals surface area (Å²) in [6.07, 6.45) is 1.40. The number of fused-ring (bicyclic) bond motifs is 1. The Morgan fingerprint density at radius 1 is 1.26 bits per heavy atom. The van der Waals surface area contributed by atoms with Crippen LogP contribution in [0, 0.1) is 19.7 Å². The van der Waals surface area contributed by atoms with Crippen molar-refractivity contribution in [2.45, 2.75) is 13.8 Å². The summed E-state index contributed by atoms with van der Waals surface area (Å²) in [6.45, 7) is 3.37. The lowest BCUT2D eigenvalue weighted by molar-refractivity contribution is 0.630. The minimum absolute atomic E-state index is 0.199. The molecule has 7 heteroatoms. The van der Waals surface area contributed by atoms with Gasteiger partial charge in [0.2, 0.25) is 0 Å². The molecular formula is C16H15FN4O2. The maximum absolute atomic E-state index is 14.1. The van der Waals surface area contributed by atoms with Crippen LogP contribution in [0.2, 0.25) is 0 Å². The lowest BCUT2D eigenvalue weighted by Crippen LogP contribution is -2.24. The summed E-state index contributed by atoms with van der Waals surface area (Å²) in [7, 11) is 1.56. The highest BCUT2D eigenvalue weighted by molar-refractivity contribution is 5.93. The predicted molar refractivity (Wildman–Crippen MR) is 86.8 cm³/mol. The topological polar surface area (TPSA) is 79.8 Å². The molecule has 118 valence electrons. The minimum atomic E-state index is -0.455. The van der Waals surface area contributed by atoms with Crippen molar-refractivity contribution in [2.24, 2.45) is 7.05 Å². The molecule has 0 fully saturated rings. The first kappa shape index (κ1) is 15.0. The van der Waals surface area contributed by atoms with E-state index < -0.39 is 11.4 Å². The number of aromatic nitrogens is 3. The Morgan fingerprint density at radius 3 is 2.70 bits per heavy atom. The molecule has 2 aromatic heterocycles. The van der Waals surface area contributed by atoms with E-state index in [0.29, 0.717) is 11.1 Å². The molecule has 3 aromatic rings. The van der Waals surface area contributed by atoms with Gasteiger partial charge in [-0.1, -0.05) is 6.07 Å². The maximum atomic E-state index is 14.1. The first-order chi connectivity index (χ1) is 10.9. The first-order valence-corrected chi connectivity index (χ1v) is 7.00. The van der Waals surface area contributed by atoms with Gasteiger partial charge in [-0.15, -0.1) is 0 Å². The van der Waals surface area contributed by atoms with E-state index in [0.717, 1.165) is 5.56 Å². The van der Waals surface area contributed by atoms with Crippen LogP contribution < -0.4 is 16.4 Å². The van der Waals surface area contributed by atoms with Crippen LogP contribution >= 0.6 is 0 Å². The van der Waals surface area contributed by atoms with E-state index in [4.69, 9.17) is 0 Å². The summed E-state index contributed by atoms with van der Waals surface area (Å²) in [6, 6.07) is 4.70. The summed E-state index contributed by atoms with van der Waals surface area (Å²) >= 11 is 0. The van der Waals surface area contributed by atoms with Crippen molar-refractivity contribution in [1.82, 2.24) is 14.8 Å². The van der Waals surface area contributed by atoms with Crippen LogP contribution in [0.4, 0.5) is 15.8 Å². The molecule has 0 aliphatic rings. The summed E-state index contributed by atoms with van der Waals surface area (Å²) in [5.74, 6) is -0.455. The Bertz CT molecular complexity index is 1040. The van der Waals surface area contributed by atoms with Gasteiger partial charge >= 0.3 is 0 Å². The van der Waals surface area contributed by atoms with Gasteiger partial charge in [-0.2, -0.15) is 5.10 Å². The molecular weight excluding hydrogens is 299 g/mol. The number of hydrogen-bond acceptors (Lipinski definition) is 4. The van der Waals surface area contributed by atoms with Crippen LogP contribution in [0.3, 0.4) is 0 Å². The SMILES string of the molecule is Cc1ccc(Nc2c(C)c(=O)n(C)c3cn[nH]c(=O)c23)c(F)c1. The number of anilines is 2. The van der Waals surface area contributed by atoms with Crippen molar-refractivity contribution in [1.29, 1.82) is 0 Å². The fourth-order valence-corrected chi connectivity index (χ4v) is 2.55. The van der Waals surface area contributed by atoms with E-state index in [-0.39, 0.29) is 22.3 Å². The zero-order valence-corrected chi connectivity index (χ0v) is 12.9. The second kappa shape index (κ2) is 5.35. The molecule has 6 nitrogen and oxygen atoms in total. The number of H-pyrrole nitrogens is 1. The van der Waals surface area contributed by atoms with E-state index in [1.54, 1.807) is 33.0 Å². The van der Waals surface area contributed by atoms with Gasteiger partial charge in [0.1, 0.15) is 5.82 Å². The fraction of sp³-hybridized carbons (Fsp3) is 0.188. The number of benzene rings is 1.